The van der Waals surface area contributed by atoms with Crippen molar-refractivity contribution in [3.05, 3.63) is 101 Å². The van der Waals surface area contributed by atoms with Gasteiger partial charge in [-0.25, -0.2) is 4.98 Å². The lowest BCUT2D eigenvalue weighted by Crippen LogP contribution is -2.46. The first kappa shape index (κ1) is 25.0. The Kier molecular flexibility index (Phi) is 7.16. The van der Waals surface area contributed by atoms with Gasteiger partial charge in [-0.1, -0.05) is 48.5 Å². The highest BCUT2D eigenvalue weighted by molar-refractivity contribution is 5.97. The number of benzene rings is 2. The molecule has 1 fully saturated rings. The van der Waals surface area contributed by atoms with Gasteiger partial charge in [-0.05, 0) is 37.0 Å². The van der Waals surface area contributed by atoms with Crippen molar-refractivity contribution in [1.82, 2.24) is 25.1 Å². The Balaban J connectivity index is 1.21. The predicted octanol–water partition coefficient (Wildman–Crippen LogP) is 3.64. The van der Waals surface area contributed by atoms with Crippen LogP contribution in [0.2, 0.25) is 0 Å². The lowest BCUT2D eigenvalue weighted by molar-refractivity contribution is -0.243. The zero-order valence-electron chi connectivity index (χ0n) is 21.9. The Labute approximate surface area is 227 Å². The molecule has 1 aliphatic carbocycles. The highest BCUT2D eigenvalue weighted by atomic mass is 16.1. The number of aromatic amines is 1. The van der Waals surface area contributed by atoms with Crippen LogP contribution in [-0.4, -0.2) is 43.9 Å². The van der Waals surface area contributed by atoms with Crippen LogP contribution in [0.4, 0.5) is 17.6 Å². The lowest BCUT2D eigenvalue weighted by Gasteiger charge is -2.29. The molecular weight excluding hydrogens is 488 g/mol. The van der Waals surface area contributed by atoms with E-state index in [1.807, 2.05) is 36.4 Å². The highest BCUT2D eigenvalue weighted by Gasteiger charge is 2.27. The number of nitrogens with zero attached hydrogens (tertiary/aromatic N) is 4. The summed E-state index contributed by atoms with van der Waals surface area (Å²) in [5.74, 6) is 2.40. The molecule has 1 saturated carbocycles. The minimum atomic E-state index is -0.0910. The molecule has 6 rings (SSSR count). The van der Waals surface area contributed by atoms with Gasteiger partial charge in [0, 0.05) is 54.5 Å². The van der Waals surface area contributed by atoms with Gasteiger partial charge in [-0.15, -0.1) is 0 Å². The van der Waals surface area contributed by atoms with Gasteiger partial charge in [0.2, 0.25) is 5.95 Å². The second-order valence-corrected chi connectivity index (χ2v) is 10.2. The first-order valence-electron chi connectivity index (χ1n) is 13.4. The third-order valence-electron chi connectivity index (χ3n) is 7.16. The van der Waals surface area contributed by atoms with Gasteiger partial charge in [-0.2, -0.15) is 10.1 Å². The summed E-state index contributed by atoms with van der Waals surface area (Å²) in [7, 11) is 0. The van der Waals surface area contributed by atoms with E-state index in [9.17, 15) is 4.79 Å². The molecule has 0 amide bonds. The molecule has 0 spiro atoms. The minimum absolute atomic E-state index is 0.0754. The monoisotopic (exact) mass is 521 g/mol. The van der Waals surface area contributed by atoms with Crippen LogP contribution in [-0.2, 0) is 24.3 Å². The number of aromatic nitrogens is 4. The van der Waals surface area contributed by atoms with Crippen LogP contribution < -0.4 is 16.4 Å². The number of hydrogen-bond acceptors (Lipinski definition) is 7. The van der Waals surface area contributed by atoms with E-state index in [1.165, 1.54) is 18.4 Å². The second-order valence-electron chi connectivity index (χ2n) is 10.2. The van der Waals surface area contributed by atoms with Gasteiger partial charge in [0.05, 0.1) is 12.2 Å². The van der Waals surface area contributed by atoms with Gasteiger partial charge in [0.15, 0.2) is 11.6 Å². The summed E-state index contributed by atoms with van der Waals surface area (Å²) < 4.78 is 0. The van der Waals surface area contributed by atoms with Crippen molar-refractivity contribution in [3.63, 3.8) is 0 Å². The molecule has 0 saturated heterocycles. The van der Waals surface area contributed by atoms with Crippen molar-refractivity contribution < 1.29 is 10.5 Å². The molecular formula is C30H33N8O+. The molecule has 9 heteroatoms. The molecule has 198 valence electrons. The number of quaternary nitrogens is 1. The molecule has 0 unspecified atom stereocenters. The average Bonchev–Trinajstić information content (AvgIpc) is 3.71. The van der Waals surface area contributed by atoms with Crippen molar-refractivity contribution in [1.29, 1.82) is 0 Å². The number of hydrogen-bond donors (Lipinski definition) is 4. The largest absolute Gasteiger partial charge is 0.347 e. The summed E-state index contributed by atoms with van der Waals surface area (Å²) in [4.78, 5) is 24.7. The van der Waals surface area contributed by atoms with Crippen molar-refractivity contribution in [2.45, 2.75) is 38.3 Å². The maximum Gasteiger partial charge on any atom is 0.225 e. The third kappa shape index (κ3) is 6.22. The molecule has 9 nitrogen and oxygen atoms in total. The number of carbonyl (C=O) groups is 1. The van der Waals surface area contributed by atoms with Crippen LogP contribution in [0.15, 0.2) is 72.8 Å². The van der Waals surface area contributed by atoms with E-state index in [0.717, 1.165) is 53.7 Å². The molecule has 39 heavy (non-hydrogen) atoms. The van der Waals surface area contributed by atoms with Crippen LogP contribution in [0, 0.1) is 0 Å². The first-order valence-corrected chi connectivity index (χ1v) is 13.4. The normalized spacial score (nSPS) is 15.6. The molecule has 1 aliphatic heterocycles. The zero-order chi connectivity index (χ0) is 26.6. The Bertz CT molecular complexity index is 1480. The number of carbonyl (C=O) groups excluding carboxylic acids is 1. The van der Waals surface area contributed by atoms with Crippen LogP contribution in [0.25, 0.3) is 5.70 Å². The zero-order valence-corrected chi connectivity index (χ0v) is 21.9. The average molecular weight is 522 g/mol. The maximum absolute atomic E-state index is 12.7. The van der Waals surface area contributed by atoms with Gasteiger partial charge in [-0.3, -0.25) is 14.8 Å². The molecule has 2 aliphatic rings. The summed E-state index contributed by atoms with van der Waals surface area (Å²) in [6.07, 6.45) is 4.80. The second kappa shape index (κ2) is 11.2. The van der Waals surface area contributed by atoms with Gasteiger partial charge in [0.1, 0.15) is 11.5 Å². The van der Waals surface area contributed by atoms with Gasteiger partial charge in [0.25, 0.3) is 0 Å². The first-order chi connectivity index (χ1) is 19.1. The SMILES string of the molecule is [NH3+]/C(=C\C(=O)CNc1nc2c(c(Nc3cc(C4CC4)[nH]n3)n1)CCN(Cc1ccccc1)C2)c1ccccc1. The Hall–Kier alpha value is -4.34. The fourth-order valence-electron chi connectivity index (χ4n) is 4.92. The van der Waals surface area contributed by atoms with Crippen LogP contribution in [0.3, 0.4) is 0 Å². The number of rotatable bonds is 10. The minimum Gasteiger partial charge on any atom is -0.347 e. The van der Waals surface area contributed by atoms with E-state index < -0.39 is 0 Å². The Morgan fingerprint density at radius 3 is 2.62 bits per heavy atom. The number of fused-ring (bicyclic) bond motifs is 1. The molecule has 6 N–H and O–H groups in total. The summed E-state index contributed by atoms with van der Waals surface area (Å²) in [6, 6.07) is 22.2. The standard InChI is InChI=1S/C30H32N8O/c31-25(21-9-5-2-6-10-21)15-23(39)17-32-30-33-27-19-38(18-20-7-3-1-4-8-20)14-13-24(27)29(35-30)34-28-16-26(36-37-28)22-11-12-22/h1-10,15-16,22H,11-14,17-19,31H2,(H3,32,33,34,35,36,37)/p+1/b25-15-. The number of nitrogens with one attached hydrogen (secondary N) is 3. The van der Waals surface area contributed by atoms with E-state index >= 15 is 0 Å². The Morgan fingerprint density at radius 1 is 1.08 bits per heavy atom. The molecule has 2 aromatic heterocycles. The molecule has 3 heterocycles. The van der Waals surface area contributed by atoms with Gasteiger partial charge >= 0.3 is 0 Å². The van der Waals surface area contributed by atoms with E-state index in [0.29, 0.717) is 24.1 Å². The number of anilines is 3. The van der Waals surface area contributed by atoms with Crippen molar-refractivity contribution in [2.75, 3.05) is 23.7 Å². The smallest absolute Gasteiger partial charge is 0.225 e. The fraction of sp³-hybridized carbons (Fsp3) is 0.267. The molecule has 4 aromatic rings. The molecule has 0 radical (unpaired) electrons. The van der Waals surface area contributed by atoms with E-state index in [2.05, 4.69) is 61.8 Å². The Morgan fingerprint density at radius 2 is 1.85 bits per heavy atom. The number of ketones is 1. The van der Waals surface area contributed by atoms with Crippen LogP contribution in [0.1, 0.15) is 46.8 Å². The summed E-state index contributed by atoms with van der Waals surface area (Å²) in [5.41, 5.74) is 10.1. The third-order valence-corrected chi connectivity index (χ3v) is 7.16. The van der Waals surface area contributed by atoms with Crippen molar-refractivity contribution in [2.24, 2.45) is 0 Å². The van der Waals surface area contributed by atoms with Crippen LogP contribution in [0.5, 0.6) is 0 Å². The van der Waals surface area contributed by atoms with Gasteiger partial charge < -0.3 is 16.4 Å². The van der Waals surface area contributed by atoms with E-state index in [1.54, 1.807) is 6.08 Å². The summed E-state index contributed by atoms with van der Waals surface area (Å²) in [5, 5.41) is 14.2. The predicted molar refractivity (Wildman–Crippen MR) is 151 cm³/mol. The summed E-state index contributed by atoms with van der Waals surface area (Å²) >= 11 is 0. The molecule has 2 aromatic carbocycles. The fourth-order valence-corrected chi connectivity index (χ4v) is 4.92. The highest BCUT2D eigenvalue weighted by Crippen LogP contribution is 2.40. The lowest BCUT2D eigenvalue weighted by atomic mass is 10.0. The summed E-state index contributed by atoms with van der Waals surface area (Å²) in [6.45, 7) is 2.55. The topological polar surface area (TPSA) is 126 Å². The molecule has 0 bridgehead atoms. The van der Waals surface area contributed by atoms with Crippen molar-refractivity contribution >= 4 is 29.1 Å². The van der Waals surface area contributed by atoms with E-state index in [4.69, 9.17) is 9.97 Å². The number of H-pyrrole nitrogens is 1. The van der Waals surface area contributed by atoms with Crippen LogP contribution >= 0.6 is 0 Å². The maximum atomic E-state index is 12.7. The molecule has 0 atom stereocenters. The van der Waals surface area contributed by atoms with Crippen molar-refractivity contribution in [3.8, 4) is 0 Å². The van der Waals surface area contributed by atoms with E-state index in [-0.39, 0.29) is 12.3 Å². The quantitative estimate of drug-likeness (QED) is 0.235.